The van der Waals surface area contributed by atoms with E-state index in [1.54, 1.807) is 0 Å². The zero-order chi connectivity index (χ0) is 18.6. The minimum absolute atomic E-state index is 0.0625. The van der Waals surface area contributed by atoms with Crippen LogP contribution in [0.25, 0.3) is 11.1 Å². The Labute approximate surface area is 166 Å². The summed E-state index contributed by atoms with van der Waals surface area (Å²) in [5.41, 5.74) is 3.00. The molecule has 0 fully saturated rings. The van der Waals surface area contributed by atoms with Crippen molar-refractivity contribution < 1.29 is 14.3 Å². The van der Waals surface area contributed by atoms with E-state index in [1.807, 2.05) is 53.9 Å². The summed E-state index contributed by atoms with van der Waals surface area (Å²) in [4.78, 5) is 13.3. The average Bonchev–Trinajstić information content (AvgIpc) is 3.19. The standard InChI is InChI=1S/C21H18ClNO3S/c22-17-12-14(13-18-19(17)26-10-9-25-18)6-8-23-21(24)20-16(7-11-27-20)15-4-2-1-3-5-15/h1-5,7,11-13H,6,8-10H2,(H,23,24). The predicted octanol–water partition coefficient (Wildman–Crippen LogP) is 4.81. The first-order chi connectivity index (χ1) is 13.2. The summed E-state index contributed by atoms with van der Waals surface area (Å²) in [6, 6.07) is 15.7. The van der Waals surface area contributed by atoms with Gasteiger partial charge in [-0.3, -0.25) is 4.79 Å². The molecule has 2 heterocycles. The highest BCUT2D eigenvalue weighted by Gasteiger charge is 2.17. The predicted molar refractivity (Wildman–Crippen MR) is 108 cm³/mol. The zero-order valence-corrected chi connectivity index (χ0v) is 16.1. The molecule has 1 aromatic heterocycles. The van der Waals surface area contributed by atoms with Crippen LogP contribution in [0.1, 0.15) is 15.2 Å². The van der Waals surface area contributed by atoms with Gasteiger partial charge in [-0.1, -0.05) is 41.9 Å². The Bertz CT molecular complexity index is 955. The molecule has 4 nitrogen and oxygen atoms in total. The van der Waals surface area contributed by atoms with Crippen LogP contribution in [0, 0.1) is 0 Å². The molecular formula is C21H18ClNO3S. The van der Waals surface area contributed by atoms with Gasteiger partial charge in [0, 0.05) is 12.1 Å². The molecule has 6 heteroatoms. The highest BCUT2D eigenvalue weighted by atomic mass is 35.5. The third-order valence-electron chi connectivity index (χ3n) is 4.31. The first-order valence-electron chi connectivity index (χ1n) is 8.71. The maximum absolute atomic E-state index is 12.6. The Morgan fingerprint density at radius 2 is 1.93 bits per heavy atom. The number of hydrogen-bond donors (Lipinski definition) is 1. The monoisotopic (exact) mass is 399 g/mol. The third-order valence-corrected chi connectivity index (χ3v) is 5.51. The normalized spacial score (nSPS) is 12.6. The van der Waals surface area contributed by atoms with Crippen LogP contribution >= 0.6 is 22.9 Å². The van der Waals surface area contributed by atoms with Crippen molar-refractivity contribution in [3.05, 3.63) is 69.4 Å². The van der Waals surface area contributed by atoms with E-state index < -0.39 is 0 Å². The van der Waals surface area contributed by atoms with E-state index in [0.29, 0.717) is 42.7 Å². The summed E-state index contributed by atoms with van der Waals surface area (Å²) in [5, 5.41) is 5.48. The van der Waals surface area contributed by atoms with E-state index in [1.165, 1.54) is 11.3 Å². The summed E-state index contributed by atoms with van der Waals surface area (Å²) in [6.07, 6.45) is 0.661. The second kappa shape index (κ2) is 8.03. The lowest BCUT2D eigenvalue weighted by Crippen LogP contribution is -2.25. The smallest absolute Gasteiger partial charge is 0.261 e. The van der Waals surface area contributed by atoms with Gasteiger partial charge >= 0.3 is 0 Å². The van der Waals surface area contributed by atoms with Gasteiger partial charge < -0.3 is 14.8 Å². The number of nitrogens with one attached hydrogen (secondary N) is 1. The van der Waals surface area contributed by atoms with Gasteiger partial charge in [-0.05, 0) is 41.1 Å². The molecule has 0 radical (unpaired) electrons. The average molecular weight is 400 g/mol. The van der Waals surface area contributed by atoms with Crippen molar-refractivity contribution in [2.24, 2.45) is 0 Å². The first-order valence-corrected chi connectivity index (χ1v) is 9.97. The maximum Gasteiger partial charge on any atom is 0.261 e. The van der Waals surface area contributed by atoms with Crippen molar-refractivity contribution in [2.45, 2.75) is 6.42 Å². The lowest BCUT2D eigenvalue weighted by atomic mass is 10.1. The summed E-state index contributed by atoms with van der Waals surface area (Å²) < 4.78 is 11.1. The molecule has 0 atom stereocenters. The van der Waals surface area contributed by atoms with E-state index in [9.17, 15) is 4.79 Å². The Balaban J connectivity index is 1.41. The molecule has 0 bridgehead atoms. The van der Waals surface area contributed by atoms with Crippen molar-refractivity contribution in [2.75, 3.05) is 19.8 Å². The second-order valence-corrected chi connectivity index (χ2v) is 7.46. The van der Waals surface area contributed by atoms with Gasteiger partial charge in [0.25, 0.3) is 5.91 Å². The lowest BCUT2D eigenvalue weighted by Gasteiger charge is -2.20. The van der Waals surface area contributed by atoms with Crippen LogP contribution in [0.15, 0.2) is 53.9 Å². The topological polar surface area (TPSA) is 47.6 Å². The number of carbonyl (C=O) groups is 1. The Morgan fingerprint density at radius 1 is 1.11 bits per heavy atom. The molecule has 138 valence electrons. The van der Waals surface area contributed by atoms with Gasteiger partial charge in [0.15, 0.2) is 11.5 Å². The van der Waals surface area contributed by atoms with Gasteiger partial charge in [0.2, 0.25) is 0 Å². The van der Waals surface area contributed by atoms with Crippen LogP contribution in [0.2, 0.25) is 5.02 Å². The minimum Gasteiger partial charge on any atom is -0.486 e. The number of carbonyl (C=O) groups excluding carboxylic acids is 1. The van der Waals surface area contributed by atoms with E-state index >= 15 is 0 Å². The first kappa shape index (κ1) is 17.9. The van der Waals surface area contributed by atoms with Crippen LogP contribution in [0.4, 0.5) is 0 Å². The number of halogens is 1. The van der Waals surface area contributed by atoms with E-state index in [2.05, 4.69) is 5.32 Å². The fourth-order valence-corrected chi connectivity index (χ4v) is 4.16. The Kier molecular flexibility index (Phi) is 5.32. The number of fused-ring (bicyclic) bond motifs is 1. The van der Waals surface area contributed by atoms with Crippen molar-refractivity contribution in [3.8, 4) is 22.6 Å². The maximum atomic E-state index is 12.6. The fourth-order valence-electron chi connectivity index (χ4n) is 3.04. The number of amides is 1. The molecule has 4 rings (SSSR count). The van der Waals surface area contributed by atoms with Crippen molar-refractivity contribution in [3.63, 3.8) is 0 Å². The highest BCUT2D eigenvalue weighted by molar-refractivity contribution is 7.12. The SMILES string of the molecule is O=C(NCCc1cc(Cl)c2c(c1)OCCO2)c1sccc1-c1ccccc1. The molecule has 1 aliphatic heterocycles. The van der Waals surface area contributed by atoms with Crippen molar-refractivity contribution >= 4 is 28.8 Å². The molecule has 1 aliphatic rings. The van der Waals surface area contributed by atoms with E-state index in [0.717, 1.165) is 21.6 Å². The van der Waals surface area contributed by atoms with Crippen LogP contribution in [-0.2, 0) is 6.42 Å². The van der Waals surface area contributed by atoms with Gasteiger partial charge in [0.1, 0.15) is 13.2 Å². The van der Waals surface area contributed by atoms with Gasteiger partial charge in [-0.2, -0.15) is 0 Å². The van der Waals surface area contributed by atoms with Crippen LogP contribution in [-0.4, -0.2) is 25.7 Å². The highest BCUT2D eigenvalue weighted by Crippen LogP contribution is 2.38. The summed E-state index contributed by atoms with van der Waals surface area (Å²) >= 11 is 7.72. The summed E-state index contributed by atoms with van der Waals surface area (Å²) in [5.74, 6) is 1.20. The molecule has 0 saturated carbocycles. The molecule has 0 spiro atoms. The summed E-state index contributed by atoms with van der Waals surface area (Å²) in [7, 11) is 0. The van der Waals surface area contributed by atoms with Crippen LogP contribution in [0.3, 0.4) is 0 Å². The zero-order valence-electron chi connectivity index (χ0n) is 14.5. The van der Waals surface area contributed by atoms with Crippen LogP contribution < -0.4 is 14.8 Å². The van der Waals surface area contributed by atoms with E-state index in [-0.39, 0.29) is 5.91 Å². The van der Waals surface area contributed by atoms with Crippen LogP contribution in [0.5, 0.6) is 11.5 Å². The summed E-state index contributed by atoms with van der Waals surface area (Å²) in [6.45, 7) is 1.54. The number of benzene rings is 2. The minimum atomic E-state index is -0.0625. The molecule has 0 saturated heterocycles. The second-order valence-electron chi connectivity index (χ2n) is 6.14. The Morgan fingerprint density at radius 3 is 2.78 bits per heavy atom. The van der Waals surface area contributed by atoms with Crippen molar-refractivity contribution in [1.29, 1.82) is 0 Å². The molecule has 0 aliphatic carbocycles. The molecule has 1 amide bonds. The molecule has 3 aromatic rings. The molecule has 27 heavy (non-hydrogen) atoms. The number of ether oxygens (including phenoxy) is 2. The Hall–Kier alpha value is -2.50. The fraction of sp³-hybridized carbons (Fsp3) is 0.190. The largest absolute Gasteiger partial charge is 0.486 e. The van der Waals surface area contributed by atoms with Crippen molar-refractivity contribution in [1.82, 2.24) is 5.32 Å². The molecule has 2 aromatic carbocycles. The molecule has 0 unspecified atom stereocenters. The molecular weight excluding hydrogens is 382 g/mol. The van der Waals surface area contributed by atoms with Gasteiger partial charge in [-0.25, -0.2) is 0 Å². The van der Waals surface area contributed by atoms with Gasteiger partial charge in [-0.15, -0.1) is 11.3 Å². The third kappa shape index (κ3) is 3.94. The number of rotatable bonds is 5. The van der Waals surface area contributed by atoms with Gasteiger partial charge in [0.05, 0.1) is 9.90 Å². The quantitative estimate of drug-likeness (QED) is 0.669. The molecule has 1 N–H and O–H groups in total. The lowest BCUT2D eigenvalue weighted by molar-refractivity contribution is 0.0959. The number of thiophene rings is 1. The van der Waals surface area contributed by atoms with E-state index in [4.69, 9.17) is 21.1 Å². The number of hydrogen-bond acceptors (Lipinski definition) is 4.